The Bertz CT molecular complexity index is 853. The molecule has 5 nitrogen and oxygen atoms in total. The van der Waals surface area contributed by atoms with Crippen molar-refractivity contribution in [2.75, 3.05) is 11.9 Å². The molecule has 0 aliphatic carbocycles. The van der Waals surface area contributed by atoms with Crippen LogP contribution >= 0.6 is 23.1 Å². The van der Waals surface area contributed by atoms with Gasteiger partial charge in [0.25, 0.3) is 5.91 Å². The van der Waals surface area contributed by atoms with Crippen LogP contribution in [0.5, 0.6) is 0 Å². The van der Waals surface area contributed by atoms with Crippen molar-refractivity contribution in [3.05, 3.63) is 45.1 Å². The highest BCUT2D eigenvalue weighted by Crippen LogP contribution is 2.24. The van der Waals surface area contributed by atoms with E-state index in [1.165, 1.54) is 11.3 Å². The normalized spacial score (nSPS) is 10.2. The summed E-state index contributed by atoms with van der Waals surface area (Å²) in [6.45, 7) is 5.57. The Morgan fingerprint density at radius 2 is 2.08 bits per heavy atom. The largest absolute Gasteiger partial charge is 0.451 e. The predicted octanol–water partition coefficient (Wildman–Crippen LogP) is 4.69. The molecule has 1 amide bonds. The molecule has 7 heteroatoms. The van der Waals surface area contributed by atoms with E-state index in [0.717, 1.165) is 45.5 Å². The Morgan fingerprint density at radius 1 is 1.31 bits per heavy atom. The van der Waals surface area contributed by atoms with Gasteiger partial charge in [-0.2, -0.15) is 5.26 Å². The standard InChI is InChI=1S/C19H20N2O3S2/c1-4-5-14-9-17(26-13(14)3)19(23)24-10-18(22)21-16-7-6-15(25-11-20)8-12(16)2/h6-9H,4-5,10H2,1-3H3,(H,21,22). The lowest BCUT2D eigenvalue weighted by Crippen LogP contribution is -2.21. The second-order valence-electron chi connectivity index (χ2n) is 5.74. The molecule has 0 saturated carbocycles. The molecule has 0 aliphatic heterocycles. The number of nitrogens with zero attached hydrogens (tertiary/aromatic N) is 1. The first kappa shape index (κ1) is 20.0. The van der Waals surface area contributed by atoms with Crippen molar-refractivity contribution in [2.24, 2.45) is 0 Å². The third kappa shape index (κ3) is 5.35. The number of aryl methyl sites for hydroxylation is 3. The number of hydrogen-bond acceptors (Lipinski definition) is 6. The number of nitriles is 1. The fourth-order valence-corrected chi connectivity index (χ4v) is 3.86. The molecule has 1 aromatic carbocycles. The molecule has 0 radical (unpaired) electrons. The summed E-state index contributed by atoms with van der Waals surface area (Å²) in [5, 5.41) is 13.4. The number of ether oxygens (including phenoxy) is 1. The van der Waals surface area contributed by atoms with Gasteiger partial charge in [0.15, 0.2) is 6.61 Å². The molecule has 2 aromatic rings. The Morgan fingerprint density at radius 3 is 2.73 bits per heavy atom. The topological polar surface area (TPSA) is 79.2 Å². The maximum Gasteiger partial charge on any atom is 0.348 e. The van der Waals surface area contributed by atoms with Gasteiger partial charge in [-0.1, -0.05) is 13.3 Å². The Balaban J connectivity index is 1.91. The van der Waals surface area contributed by atoms with E-state index >= 15 is 0 Å². The summed E-state index contributed by atoms with van der Waals surface area (Å²) < 4.78 is 5.12. The van der Waals surface area contributed by atoms with Gasteiger partial charge in [-0.25, -0.2) is 4.79 Å². The first-order chi connectivity index (χ1) is 12.4. The summed E-state index contributed by atoms with van der Waals surface area (Å²) in [5.41, 5.74) is 2.62. The van der Waals surface area contributed by atoms with Crippen LogP contribution in [0.15, 0.2) is 29.2 Å². The minimum absolute atomic E-state index is 0.340. The number of rotatable bonds is 7. The molecular formula is C19H20N2O3S2. The van der Waals surface area contributed by atoms with Crippen LogP contribution in [0, 0.1) is 24.5 Å². The number of thioether (sulfide) groups is 1. The molecular weight excluding hydrogens is 368 g/mol. The second kappa shape index (κ2) is 9.41. The quantitative estimate of drug-likeness (QED) is 0.423. The Kier molecular flexibility index (Phi) is 7.25. The molecule has 136 valence electrons. The fraction of sp³-hybridized carbons (Fsp3) is 0.316. The monoisotopic (exact) mass is 388 g/mol. The SMILES string of the molecule is CCCc1cc(C(=O)OCC(=O)Nc2ccc(SC#N)cc2C)sc1C. The maximum atomic E-state index is 12.1. The summed E-state index contributed by atoms with van der Waals surface area (Å²) in [4.78, 5) is 26.6. The molecule has 1 heterocycles. The average Bonchev–Trinajstić information content (AvgIpc) is 2.97. The summed E-state index contributed by atoms with van der Waals surface area (Å²) in [6.07, 6.45) is 1.94. The van der Waals surface area contributed by atoms with E-state index in [1.54, 1.807) is 12.1 Å². The third-order valence-corrected chi connectivity index (χ3v) is 5.36. The molecule has 0 fully saturated rings. The number of thiocyanates is 1. The predicted molar refractivity (Wildman–Crippen MR) is 105 cm³/mol. The molecule has 0 aliphatic rings. The zero-order valence-electron chi connectivity index (χ0n) is 14.9. The number of carbonyl (C=O) groups excluding carboxylic acids is 2. The van der Waals surface area contributed by atoms with E-state index in [1.807, 2.05) is 31.4 Å². The van der Waals surface area contributed by atoms with E-state index in [4.69, 9.17) is 10.00 Å². The molecule has 1 aromatic heterocycles. The molecule has 0 unspecified atom stereocenters. The minimum atomic E-state index is -0.479. The summed E-state index contributed by atoms with van der Waals surface area (Å²) in [7, 11) is 0. The zero-order valence-corrected chi connectivity index (χ0v) is 16.6. The van der Waals surface area contributed by atoms with Crippen molar-refractivity contribution >= 4 is 40.7 Å². The van der Waals surface area contributed by atoms with Crippen LogP contribution in [0.25, 0.3) is 0 Å². The van der Waals surface area contributed by atoms with Gasteiger partial charge < -0.3 is 10.1 Å². The number of amides is 1. The molecule has 0 saturated heterocycles. The highest BCUT2D eigenvalue weighted by atomic mass is 32.2. The third-order valence-electron chi connectivity index (χ3n) is 3.71. The summed E-state index contributed by atoms with van der Waals surface area (Å²) >= 11 is 2.45. The van der Waals surface area contributed by atoms with Gasteiger partial charge in [0.1, 0.15) is 10.3 Å². The van der Waals surface area contributed by atoms with Crippen LogP contribution in [0.4, 0.5) is 5.69 Å². The van der Waals surface area contributed by atoms with E-state index in [2.05, 4.69) is 12.2 Å². The Labute approximate surface area is 161 Å². The lowest BCUT2D eigenvalue weighted by molar-refractivity contribution is -0.119. The number of anilines is 1. The molecule has 2 rings (SSSR count). The molecule has 0 spiro atoms. The van der Waals surface area contributed by atoms with Crippen molar-refractivity contribution in [3.63, 3.8) is 0 Å². The van der Waals surface area contributed by atoms with Gasteiger partial charge in [-0.15, -0.1) is 11.3 Å². The molecule has 0 bridgehead atoms. The van der Waals surface area contributed by atoms with Gasteiger partial charge in [-0.3, -0.25) is 4.79 Å². The van der Waals surface area contributed by atoms with Crippen molar-refractivity contribution in [2.45, 2.75) is 38.5 Å². The lowest BCUT2D eigenvalue weighted by Gasteiger charge is -2.09. The number of thiophene rings is 1. The van der Waals surface area contributed by atoms with E-state index in [9.17, 15) is 9.59 Å². The average molecular weight is 389 g/mol. The molecule has 1 N–H and O–H groups in total. The van der Waals surface area contributed by atoms with Gasteiger partial charge in [0.2, 0.25) is 0 Å². The van der Waals surface area contributed by atoms with Crippen molar-refractivity contribution in [1.82, 2.24) is 0 Å². The zero-order chi connectivity index (χ0) is 19.1. The molecule has 0 atom stereocenters. The van der Waals surface area contributed by atoms with Crippen LogP contribution in [0.2, 0.25) is 0 Å². The highest BCUT2D eigenvalue weighted by molar-refractivity contribution is 8.03. The molecule has 26 heavy (non-hydrogen) atoms. The van der Waals surface area contributed by atoms with Gasteiger partial charge in [-0.05, 0) is 67.4 Å². The fourth-order valence-electron chi connectivity index (χ4n) is 2.42. The van der Waals surface area contributed by atoms with Crippen LogP contribution in [-0.4, -0.2) is 18.5 Å². The summed E-state index contributed by atoms with van der Waals surface area (Å²) in [6, 6.07) is 7.15. The summed E-state index contributed by atoms with van der Waals surface area (Å²) in [5.74, 6) is -0.878. The maximum absolute atomic E-state index is 12.1. The number of nitrogens with one attached hydrogen (secondary N) is 1. The first-order valence-electron chi connectivity index (χ1n) is 8.17. The van der Waals surface area contributed by atoms with Gasteiger partial charge in [0, 0.05) is 15.5 Å². The van der Waals surface area contributed by atoms with Crippen LogP contribution < -0.4 is 5.32 Å². The minimum Gasteiger partial charge on any atom is -0.451 e. The van der Waals surface area contributed by atoms with Gasteiger partial charge in [0.05, 0.1) is 0 Å². The van der Waals surface area contributed by atoms with Gasteiger partial charge >= 0.3 is 5.97 Å². The van der Waals surface area contributed by atoms with E-state index in [0.29, 0.717) is 10.6 Å². The van der Waals surface area contributed by atoms with Crippen LogP contribution in [0.1, 0.15) is 39.0 Å². The van der Waals surface area contributed by atoms with Crippen molar-refractivity contribution in [1.29, 1.82) is 5.26 Å². The van der Waals surface area contributed by atoms with E-state index in [-0.39, 0.29) is 6.61 Å². The highest BCUT2D eigenvalue weighted by Gasteiger charge is 2.15. The number of benzene rings is 1. The van der Waals surface area contributed by atoms with Crippen LogP contribution in [-0.2, 0) is 16.0 Å². The Hall–Kier alpha value is -2.30. The van der Waals surface area contributed by atoms with E-state index < -0.39 is 11.9 Å². The number of hydrogen-bond donors (Lipinski definition) is 1. The van der Waals surface area contributed by atoms with Crippen molar-refractivity contribution in [3.8, 4) is 5.40 Å². The first-order valence-corrected chi connectivity index (χ1v) is 9.80. The number of carbonyl (C=O) groups is 2. The lowest BCUT2D eigenvalue weighted by atomic mass is 10.1. The van der Waals surface area contributed by atoms with Crippen molar-refractivity contribution < 1.29 is 14.3 Å². The number of esters is 1. The second-order valence-corrected chi connectivity index (χ2v) is 7.85. The van der Waals surface area contributed by atoms with Crippen LogP contribution in [0.3, 0.4) is 0 Å². The smallest absolute Gasteiger partial charge is 0.348 e.